The maximum Gasteiger partial charge on any atom is 0.232 e. The Morgan fingerprint density at radius 1 is 0.818 bits per heavy atom. The summed E-state index contributed by atoms with van der Waals surface area (Å²) in [5.41, 5.74) is 1.14. The fourth-order valence-corrected chi connectivity index (χ4v) is 5.38. The van der Waals surface area contributed by atoms with Crippen LogP contribution in [0.4, 0.5) is 23.4 Å². The number of pyridine rings is 1. The van der Waals surface area contributed by atoms with Crippen LogP contribution in [0.2, 0.25) is 0 Å². The summed E-state index contributed by atoms with van der Waals surface area (Å²) in [6.45, 7) is 6.00. The summed E-state index contributed by atoms with van der Waals surface area (Å²) in [4.78, 5) is 19.1. The number of nitrogens with zero attached hydrogens (tertiary/aromatic N) is 7. The van der Waals surface area contributed by atoms with Crippen LogP contribution in [0, 0.1) is 0 Å². The van der Waals surface area contributed by atoms with E-state index in [4.69, 9.17) is 15.1 Å². The van der Waals surface area contributed by atoms with Gasteiger partial charge in [0.25, 0.3) is 0 Å². The number of piperazine rings is 1. The first-order chi connectivity index (χ1) is 16.3. The lowest BCUT2D eigenvalue weighted by Gasteiger charge is -2.29. The molecule has 3 aromatic rings. The Hall–Kier alpha value is -2.94. The average molecular weight is 448 g/mol. The van der Waals surface area contributed by atoms with Crippen LogP contribution in [0.1, 0.15) is 51.0 Å². The van der Waals surface area contributed by atoms with Crippen LogP contribution < -0.4 is 20.4 Å². The molecular weight excluding hydrogens is 414 g/mol. The van der Waals surface area contributed by atoms with Crippen LogP contribution in [0.5, 0.6) is 0 Å². The topological polar surface area (TPSA) is 87.0 Å². The third-order valence-electron chi connectivity index (χ3n) is 7.21. The first kappa shape index (κ1) is 20.7. The summed E-state index contributed by atoms with van der Waals surface area (Å²) in [5, 5.41) is 12.6. The van der Waals surface area contributed by atoms with E-state index in [9.17, 15) is 0 Å². The van der Waals surface area contributed by atoms with E-state index in [2.05, 4.69) is 42.2 Å². The van der Waals surface area contributed by atoms with Crippen LogP contribution in [0.3, 0.4) is 0 Å². The normalized spacial score (nSPS) is 20.0. The lowest BCUT2D eigenvalue weighted by atomic mass is 9.95. The number of aromatic nitrogens is 5. The number of hydrogen-bond acceptors (Lipinski definition) is 8. The molecule has 0 unspecified atom stereocenters. The molecule has 0 atom stereocenters. The Bertz CT molecular complexity index is 1090. The molecule has 0 aromatic carbocycles. The van der Waals surface area contributed by atoms with Gasteiger partial charge in [0.2, 0.25) is 5.95 Å². The molecule has 3 aliphatic rings. The number of rotatable bonds is 5. The Morgan fingerprint density at radius 3 is 2.30 bits per heavy atom. The van der Waals surface area contributed by atoms with Crippen molar-refractivity contribution in [2.45, 2.75) is 51.0 Å². The third kappa shape index (κ3) is 4.34. The largest absolute Gasteiger partial charge is 0.356 e. The number of hydrogen-bond donors (Lipinski definition) is 2. The summed E-state index contributed by atoms with van der Waals surface area (Å²) in [5.74, 6) is 3.38. The van der Waals surface area contributed by atoms with Crippen molar-refractivity contribution in [3.63, 3.8) is 0 Å². The number of anilines is 4. The minimum Gasteiger partial charge on any atom is -0.356 e. The second-order valence-electron chi connectivity index (χ2n) is 9.47. The van der Waals surface area contributed by atoms with Gasteiger partial charge in [-0.15, -0.1) is 0 Å². The van der Waals surface area contributed by atoms with Crippen LogP contribution in [-0.2, 0) is 0 Å². The Labute approximate surface area is 194 Å². The first-order valence-electron chi connectivity index (χ1n) is 12.5. The summed E-state index contributed by atoms with van der Waals surface area (Å²) in [7, 11) is 0. The minimum atomic E-state index is 0.487. The Morgan fingerprint density at radius 2 is 1.55 bits per heavy atom. The van der Waals surface area contributed by atoms with E-state index in [1.807, 2.05) is 12.4 Å². The Kier molecular flexibility index (Phi) is 5.71. The predicted octanol–water partition coefficient (Wildman–Crippen LogP) is 3.48. The van der Waals surface area contributed by atoms with Crippen LogP contribution in [0.25, 0.3) is 10.9 Å². The van der Waals surface area contributed by atoms with E-state index in [1.165, 1.54) is 44.9 Å². The molecule has 0 amide bonds. The zero-order valence-electron chi connectivity index (χ0n) is 19.2. The predicted molar refractivity (Wildman–Crippen MR) is 131 cm³/mol. The van der Waals surface area contributed by atoms with Gasteiger partial charge in [-0.3, -0.25) is 4.68 Å². The van der Waals surface area contributed by atoms with Crippen molar-refractivity contribution in [2.75, 3.05) is 54.4 Å². The zero-order chi connectivity index (χ0) is 22.0. The molecule has 0 spiro atoms. The van der Waals surface area contributed by atoms with Crippen molar-refractivity contribution in [2.24, 2.45) is 0 Å². The first-order valence-corrected chi connectivity index (χ1v) is 12.5. The van der Waals surface area contributed by atoms with Gasteiger partial charge < -0.3 is 20.4 Å². The van der Waals surface area contributed by atoms with Crippen molar-refractivity contribution in [1.82, 2.24) is 30.0 Å². The molecule has 5 heterocycles. The fourth-order valence-electron chi connectivity index (χ4n) is 5.38. The van der Waals surface area contributed by atoms with Gasteiger partial charge in [-0.05, 0) is 25.7 Å². The van der Waals surface area contributed by atoms with Gasteiger partial charge in [-0.25, -0.2) is 4.98 Å². The Balaban J connectivity index is 1.31. The maximum atomic E-state index is 4.89. The van der Waals surface area contributed by atoms with E-state index in [0.717, 1.165) is 67.6 Å². The molecular formula is C24H33N9. The smallest absolute Gasteiger partial charge is 0.232 e. The van der Waals surface area contributed by atoms with Crippen molar-refractivity contribution >= 4 is 34.3 Å². The molecule has 174 valence electrons. The number of nitrogens with one attached hydrogen (secondary N) is 2. The molecule has 0 bridgehead atoms. The highest BCUT2D eigenvalue weighted by molar-refractivity contribution is 5.81. The van der Waals surface area contributed by atoms with Gasteiger partial charge in [0, 0.05) is 63.0 Å². The average Bonchev–Trinajstić information content (AvgIpc) is 3.55. The quantitative estimate of drug-likeness (QED) is 0.615. The molecule has 6 rings (SSSR count). The van der Waals surface area contributed by atoms with Gasteiger partial charge in [0.05, 0.1) is 17.8 Å². The second kappa shape index (κ2) is 9.13. The SMILES string of the molecule is c1c(N2CCCC2)nc(Nc2cc3c(cn2)cnn3C2CCCCC2)nc1N1CCNCC1. The second-order valence-corrected chi connectivity index (χ2v) is 9.47. The monoisotopic (exact) mass is 447 g/mol. The highest BCUT2D eigenvalue weighted by Crippen LogP contribution is 2.31. The number of fused-ring (bicyclic) bond motifs is 1. The standard InChI is InChI=1S/C24H33N9/c1-2-6-19(7-3-1)33-20-14-21(26-16-18(20)17-27-33)28-24-29-22(31-10-4-5-11-31)15-23(30-24)32-12-8-25-9-13-32/h14-17,19,25H,1-13H2,(H,26,28,29,30). The summed E-state index contributed by atoms with van der Waals surface area (Å²) in [6, 6.07) is 4.74. The third-order valence-corrected chi connectivity index (χ3v) is 7.21. The van der Waals surface area contributed by atoms with Crippen LogP contribution >= 0.6 is 0 Å². The van der Waals surface area contributed by atoms with E-state index < -0.39 is 0 Å². The van der Waals surface area contributed by atoms with E-state index in [-0.39, 0.29) is 0 Å². The summed E-state index contributed by atoms with van der Waals surface area (Å²) in [6.07, 6.45) is 12.6. The molecule has 1 saturated carbocycles. The van der Waals surface area contributed by atoms with Crippen LogP contribution in [-0.4, -0.2) is 64.0 Å². The highest BCUT2D eigenvalue weighted by Gasteiger charge is 2.21. The van der Waals surface area contributed by atoms with Crippen molar-refractivity contribution in [1.29, 1.82) is 0 Å². The zero-order valence-corrected chi connectivity index (χ0v) is 19.2. The van der Waals surface area contributed by atoms with E-state index >= 15 is 0 Å². The fraction of sp³-hybridized carbons (Fsp3) is 0.583. The van der Waals surface area contributed by atoms with E-state index in [1.54, 1.807) is 0 Å². The van der Waals surface area contributed by atoms with Crippen LogP contribution in [0.15, 0.2) is 24.5 Å². The van der Waals surface area contributed by atoms with Gasteiger partial charge in [-0.2, -0.15) is 15.1 Å². The molecule has 3 aromatic heterocycles. The lowest BCUT2D eigenvalue weighted by Crippen LogP contribution is -2.44. The van der Waals surface area contributed by atoms with E-state index in [0.29, 0.717) is 12.0 Å². The molecule has 1 aliphatic carbocycles. The molecule has 33 heavy (non-hydrogen) atoms. The lowest BCUT2D eigenvalue weighted by molar-refractivity contribution is 0.337. The molecule has 3 fully saturated rings. The van der Waals surface area contributed by atoms with Gasteiger partial charge in [0.15, 0.2) is 0 Å². The molecule has 9 nitrogen and oxygen atoms in total. The maximum absolute atomic E-state index is 4.89. The molecule has 2 saturated heterocycles. The van der Waals surface area contributed by atoms with Gasteiger partial charge >= 0.3 is 0 Å². The molecule has 9 heteroatoms. The van der Waals surface area contributed by atoms with Crippen molar-refractivity contribution in [3.8, 4) is 0 Å². The molecule has 0 radical (unpaired) electrons. The van der Waals surface area contributed by atoms with Crippen molar-refractivity contribution < 1.29 is 0 Å². The van der Waals surface area contributed by atoms with Gasteiger partial charge in [-0.1, -0.05) is 19.3 Å². The highest BCUT2D eigenvalue weighted by atomic mass is 15.3. The molecule has 2 aliphatic heterocycles. The summed E-state index contributed by atoms with van der Waals surface area (Å²) >= 11 is 0. The van der Waals surface area contributed by atoms with Crippen molar-refractivity contribution in [3.05, 3.63) is 24.5 Å². The van der Waals surface area contributed by atoms with Gasteiger partial charge in [0.1, 0.15) is 17.5 Å². The minimum absolute atomic E-state index is 0.487. The summed E-state index contributed by atoms with van der Waals surface area (Å²) < 4.78 is 2.20. The molecule has 2 N–H and O–H groups in total.